The van der Waals surface area contributed by atoms with E-state index >= 15 is 0 Å². The quantitative estimate of drug-likeness (QED) is 0.684. The summed E-state index contributed by atoms with van der Waals surface area (Å²) in [7, 11) is 0. The molecule has 6 nitrogen and oxygen atoms in total. The summed E-state index contributed by atoms with van der Waals surface area (Å²) in [5, 5.41) is 13.2. The molecule has 0 spiro atoms. The molecule has 0 aliphatic carbocycles. The van der Waals surface area contributed by atoms with Crippen LogP contribution in [0.3, 0.4) is 0 Å². The van der Waals surface area contributed by atoms with Gasteiger partial charge in [0, 0.05) is 30.1 Å². The van der Waals surface area contributed by atoms with Gasteiger partial charge in [-0.25, -0.2) is 0 Å². The van der Waals surface area contributed by atoms with Crippen LogP contribution in [0.15, 0.2) is 42.6 Å². The summed E-state index contributed by atoms with van der Waals surface area (Å²) in [5.41, 5.74) is 2.20. The molecule has 0 amide bonds. The maximum atomic E-state index is 12.6. The third-order valence-electron chi connectivity index (χ3n) is 4.49. The number of nitrogens with zero attached hydrogens (tertiary/aromatic N) is 2. The second kappa shape index (κ2) is 8.19. The summed E-state index contributed by atoms with van der Waals surface area (Å²) in [6, 6.07) is 12.1. The third-order valence-corrected chi connectivity index (χ3v) is 4.49. The number of fused-ring (bicyclic) bond motifs is 2. The van der Waals surface area contributed by atoms with Crippen molar-refractivity contribution < 1.29 is 23.0 Å². The van der Waals surface area contributed by atoms with Crippen molar-refractivity contribution in [3.05, 3.63) is 53.7 Å². The largest absolute Gasteiger partial charge is 0.490 e. The molecule has 2 aromatic carbocycles. The van der Waals surface area contributed by atoms with Gasteiger partial charge in [-0.15, -0.1) is 0 Å². The van der Waals surface area contributed by atoms with E-state index in [0.29, 0.717) is 53.4 Å². The molecule has 0 radical (unpaired) electrons. The minimum absolute atomic E-state index is 0.00208. The second-order valence-electron chi connectivity index (χ2n) is 6.36. The smallest absolute Gasteiger partial charge is 0.387 e. The van der Waals surface area contributed by atoms with Crippen molar-refractivity contribution >= 4 is 16.6 Å². The van der Waals surface area contributed by atoms with Gasteiger partial charge in [-0.1, -0.05) is 12.1 Å². The van der Waals surface area contributed by atoms with Crippen LogP contribution < -0.4 is 19.5 Å². The fourth-order valence-electron chi connectivity index (χ4n) is 3.20. The van der Waals surface area contributed by atoms with E-state index in [2.05, 4.69) is 21.1 Å². The summed E-state index contributed by atoms with van der Waals surface area (Å²) in [4.78, 5) is 4.22. The Morgan fingerprint density at radius 1 is 1.21 bits per heavy atom. The number of aromatic nitrogens is 1. The molecule has 4 rings (SSSR count). The Balaban J connectivity index is 1.69. The highest BCUT2D eigenvalue weighted by Crippen LogP contribution is 2.35. The number of hydrogen-bond donors (Lipinski definition) is 1. The van der Waals surface area contributed by atoms with Gasteiger partial charge in [-0.05, 0) is 24.3 Å². The van der Waals surface area contributed by atoms with Gasteiger partial charge in [0.25, 0.3) is 0 Å². The van der Waals surface area contributed by atoms with Crippen LogP contribution in [0.1, 0.15) is 17.5 Å². The Morgan fingerprint density at radius 3 is 2.90 bits per heavy atom. The van der Waals surface area contributed by atoms with Gasteiger partial charge in [-0.3, -0.25) is 4.98 Å². The summed E-state index contributed by atoms with van der Waals surface area (Å²) in [5.74, 6) is 1.34. The van der Waals surface area contributed by atoms with Gasteiger partial charge in [0.2, 0.25) is 0 Å². The molecule has 2 heterocycles. The van der Waals surface area contributed by atoms with Crippen LogP contribution in [-0.2, 0) is 6.54 Å². The molecule has 1 aromatic heterocycles. The van der Waals surface area contributed by atoms with Crippen LogP contribution in [0.25, 0.3) is 10.9 Å². The van der Waals surface area contributed by atoms with E-state index in [0.717, 1.165) is 12.0 Å². The molecule has 0 saturated heterocycles. The molecular weight excluding hydrogens is 380 g/mol. The molecule has 1 N–H and O–H groups in total. The molecule has 0 fully saturated rings. The van der Waals surface area contributed by atoms with Gasteiger partial charge >= 0.3 is 6.61 Å². The maximum Gasteiger partial charge on any atom is 0.387 e. The lowest BCUT2D eigenvalue weighted by Crippen LogP contribution is -2.06. The summed E-state index contributed by atoms with van der Waals surface area (Å²) in [6.07, 6.45) is 2.24. The average molecular weight is 397 g/mol. The van der Waals surface area contributed by atoms with Crippen molar-refractivity contribution in [1.29, 1.82) is 5.26 Å². The van der Waals surface area contributed by atoms with E-state index in [1.807, 2.05) is 18.2 Å². The number of para-hydroxylation sites is 1. The van der Waals surface area contributed by atoms with Crippen LogP contribution >= 0.6 is 0 Å². The van der Waals surface area contributed by atoms with E-state index < -0.39 is 6.61 Å². The lowest BCUT2D eigenvalue weighted by Gasteiger charge is -2.16. The first-order chi connectivity index (χ1) is 14.2. The van der Waals surface area contributed by atoms with Gasteiger partial charge in [0.1, 0.15) is 11.8 Å². The molecule has 1 aliphatic rings. The summed E-state index contributed by atoms with van der Waals surface area (Å²) >= 11 is 0. The third kappa shape index (κ3) is 3.99. The van der Waals surface area contributed by atoms with Crippen molar-refractivity contribution in [3.63, 3.8) is 0 Å². The lowest BCUT2D eigenvalue weighted by molar-refractivity contribution is -0.0497. The Morgan fingerprint density at radius 2 is 2.07 bits per heavy atom. The van der Waals surface area contributed by atoms with E-state index in [4.69, 9.17) is 9.47 Å². The number of hydrogen-bond acceptors (Lipinski definition) is 6. The van der Waals surface area contributed by atoms with Crippen LogP contribution in [0, 0.1) is 11.3 Å². The molecule has 0 atom stereocenters. The molecule has 29 heavy (non-hydrogen) atoms. The topological polar surface area (TPSA) is 76.4 Å². The predicted octanol–water partition coefficient (Wildman–Crippen LogP) is 4.48. The Labute approximate surface area is 165 Å². The van der Waals surface area contributed by atoms with E-state index in [1.165, 1.54) is 18.3 Å². The predicted molar refractivity (Wildman–Crippen MR) is 102 cm³/mol. The molecular formula is C21H17F2N3O3. The number of anilines is 1. The fraction of sp³-hybridized carbons (Fsp3) is 0.238. The van der Waals surface area contributed by atoms with Gasteiger partial charge in [-0.2, -0.15) is 14.0 Å². The highest BCUT2D eigenvalue weighted by molar-refractivity contribution is 5.94. The Bertz CT molecular complexity index is 1080. The Hall–Kier alpha value is -3.60. The zero-order valence-corrected chi connectivity index (χ0v) is 15.3. The van der Waals surface area contributed by atoms with E-state index in [9.17, 15) is 14.0 Å². The van der Waals surface area contributed by atoms with Gasteiger partial charge in [0.05, 0.1) is 30.0 Å². The fourth-order valence-corrected chi connectivity index (χ4v) is 3.20. The number of rotatable bonds is 5. The summed E-state index contributed by atoms with van der Waals surface area (Å²) < 4.78 is 41.2. The number of benzene rings is 2. The number of pyridine rings is 1. The van der Waals surface area contributed by atoms with Crippen molar-refractivity contribution in [2.24, 2.45) is 0 Å². The van der Waals surface area contributed by atoms with Crippen LogP contribution in [0.2, 0.25) is 0 Å². The van der Waals surface area contributed by atoms with E-state index in [-0.39, 0.29) is 5.75 Å². The van der Waals surface area contributed by atoms with Crippen molar-refractivity contribution in [2.45, 2.75) is 19.6 Å². The zero-order chi connectivity index (χ0) is 20.2. The SMILES string of the molecule is N#Cc1cnc2ccc(OC(F)F)cc2c1NCc1cccc2c1OCCCO2. The number of alkyl halides is 2. The van der Waals surface area contributed by atoms with Crippen LogP contribution in [0.5, 0.6) is 17.2 Å². The second-order valence-corrected chi connectivity index (χ2v) is 6.36. The average Bonchev–Trinajstić information content (AvgIpc) is 2.97. The first-order valence-corrected chi connectivity index (χ1v) is 9.05. The first kappa shape index (κ1) is 18.7. The van der Waals surface area contributed by atoms with Crippen LogP contribution in [0.4, 0.5) is 14.5 Å². The minimum atomic E-state index is -2.94. The van der Waals surface area contributed by atoms with Crippen LogP contribution in [-0.4, -0.2) is 24.8 Å². The molecule has 0 unspecified atom stereocenters. The molecule has 1 aliphatic heterocycles. The zero-order valence-electron chi connectivity index (χ0n) is 15.3. The molecule has 0 saturated carbocycles. The minimum Gasteiger partial charge on any atom is -0.490 e. The monoisotopic (exact) mass is 397 g/mol. The highest BCUT2D eigenvalue weighted by Gasteiger charge is 2.16. The number of halogens is 2. The summed E-state index contributed by atoms with van der Waals surface area (Å²) in [6.45, 7) is -1.45. The Kier molecular flexibility index (Phi) is 5.29. The van der Waals surface area contributed by atoms with Crippen molar-refractivity contribution in [3.8, 4) is 23.3 Å². The van der Waals surface area contributed by atoms with Crippen molar-refractivity contribution in [1.82, 2.24) is 4.98 Å². The normalized spacial score (nSPS) is 13.0. The number of ether oxygens (including phenoxy) is 3. The van der Waals surface area contributed by atoms with Gasteiger partial charge < -0.3 is 19.5 Å². The number of nitrogens with one attached hydrogen (secondary N) is 1. The molecule has 8 heteroatoms. The van der Waals surface area contributed by atoms with Crippen molar-refractivity contribution in [2.75, 3.05) is 18.5 Å². The lowest BCUT2D eigenvalue weighted by atomic mass is 10.1. The van der Waals surface area contributed by atoms with Gasteiger partial charge in [0.15, 0.2) is 11.5 Å². The maximum absolute atomic E-state index is 12.6. The first-order valence-electron chi connectivity index (χ1n) is 9.05. The number of nitriles is 1. The molecule has 0 bridgehead atoms. The molecule has 3 aromatic rings. The van der Waals surface area contributed by atoms with E-state index in [1.54, 1.807) is 6.07 Å². The highest BCUT2D eigenvalue weighted by atomic mass is 19.3. The molecule has 148 valence electrons. The standard InChI is InChI=1S/C21H17F2N3O3/c22-21(23)29-15-5-6-17-16(9-15)19(14(10-24)12-25-17)26-11-13-3-1-4-18-20(13)28-8-2-7-27-18/h1,3-6,9,12,21H,2,7-8,11H2,(H,25,26).